The van der Waals surface area contributed by atoms with Crippen molar-refractivity contribution < 1.29 is 17.9 Å². The van der Waals surface area contributed by atoms with Crippen LogP contribution in [0, 0.1) is 0 Å². The Morgan fingerprint density at radius 3 is 2.48 bits per heavy atom. The standard InChI is InChI=1S/C12H14Cl2N2O4S/c13-8-1-2-9(21(15,18)19)11(14)10(8)12(17)16-7-3-5-20-6-4-7/h1-2,7H,3-6H2,(H,16,17)(H2,15,18,19). The summed E-state index contributed by atoms with van der Waals surface area (Å²) in [7, 11) is -4.03. The van der Waals surface area contributed by atoms with Gasteiger partial charge in [-0.25, -0.2) is 13.6 Å². The first-order valence-electron chi connectivity index (χ1n) is 6.20. The van der Waals surface area contributed by atoms with Crippen molar-refractivity contribution in [3.8, 4) is 0 Å². The van der Waals surface area contributed by atoms with Gasteiger partial charge >= 0.3 is 0 Å². The highest BCUT2D eigenvalue weighted by Gasteiger charge is 2.25. The molecule has 6 nitrogen and oxygen atoms in total. The minimum Gasteiger partial charge on any atom is -0.381 e. The summed E-state index contributed by atoms with van der Waals surface area (Å²) < 4.78 is 28.1. The zero-order valence-corrected chi connectivity index (χ0v) is 13.3. The van der Waals surface area contributed by atoms with Gasteiger partial charge in [0.2, 0.25) is 10.0 Å². The largest absolute Gasteiger partial charge is 0.381 e. The number of ether oxygens (including phenoxy) is 1. The van der Waals surface area contributed by atoms with Gasteiger partial charge in [-0.3, -0.25) is 4.79 Å². The molecule has 0 unspecified atom stereocenters. The first kappa shape index (κ1) is 16.5. The summed E-state index contributed by atoms with van der Waals surface area (Å²) in [6, 6.07) is 2.40. The zero-order chi connectivity index (χ0) is 15.6. The van der Waals surface area contributed by atoms with Crippen molar-refractivity contribution in [1.82, 2.24) is 5.32 Å². The Morgan fingerprint density at radius 2 is 1.90 bits per heavy atom. The first-order valence-corrected chi connectivity index (χ1v) is 8.50. The van der Waals surface area contributed by atoms with Gasteiger partial charge in [0.1, 0.15) is 4.90 Å². The average molecular weight is 353 g/mol. The molecule has 116 valence electrons. The van der Waals surface area contributed by atoms with Gasteiger partial charge in [0, 0.05) is 19.3 Å². The molecule has 1 heterocycles. The highest BCUT2D eigenvalue weighted by atomic mass is 35.5. The smallest absolute Gasteiger partial charge is 0.254 e. The Balaban J connectivity index is 2.32. The van der Waals surface area contributed by atoms with Crippen molar-refractivity contribution in [1.29, 1.82) is 0 Å². The van der Waals surface area contributed by atoms with Gasteiger partial charge in [0.05, 0.1) is 15.6 Å². The van der Waals surface area contributed by atoms with Crippen LogP contribution in [0.2, 0.25) is 10.0 Å². The van der Waals surface area contributed by atoms with E-state index in [1.165, 1.54) is 12.1 Å². The minimum absolute atomic E-state index is 0.0588. The van der Waals surface area contributed by atoms with Crippen LogP contribution in [0.15, 0.2) is 17.0 Å². The van der Waals surface area contributed by atoms with Crippen molar-refractivity contribution in [3.63, 3.8) is 0 Å². The highest BCUT2D eigenvalue weighted by molar-refractivity contribution is 7.89. The third-order valence-electron chi connectivity index (χ3n) is 3.15. The molecule has 0 aliphatic carbocycles. The monoisotopic (exact) mass is 352 g/mol. The zero-order valence-electron chi connectivity index (χ0n) is 10.9. The molecule has 2 rings (SSSR count). The number of nitrogens with two attached hydrogens (primary N) is 1. The molecule has 1 amide bonds. The molecule has 21 heavy (non-hydrogen) atoms. The molecule has 9 heteroatoms. The quantitative estimate of drug-likeness (QED) is 0.861. The summed E-state index contributed by atoms with van der Waals surface area (Å²) in [6.45, 7) is 1.12. The maximum atomic E-state index is 12.3. The van der Waals surface area contributed by atoms with Crippen molar-refractivity contribution in [2.75, 3.05) is 13.2 Å². The number of carbonyl (C=O) groups is 1. The van der Waals surface area contributed by atoms with E-state index >= 15 is 0 Å². The Hall–Kier alpha value is -0.860. The lowest BCUT2D eigenvalue weighted by Gasteiger charge is -2.23. The lowest BCUT2D eigenvalue weighted by atomic mass is 10.1. The molecule has 0 aromatic heterocycles. The molecule has 0 saturated carbocycles. The molecule has 1 aromatic rings. The molecule has 1 aliphatic rings. The van der Waals surface area contributed by atoms with Crippen LogP contribution in [-0.4, -0.2) is 33.6 Å². The third kappa shape index (κ3) is 3.87. The molecule has 3 N–H and O–H groups in total. The molecular formula is C12H14Cl2N2O4S. The molecule has 0 bridgehead atoms. The molecule has 1 fully saturated rings. The molecule has 0 atom stereocenters. The molecule has 0 radical (unpaired) electrons. The fourth-order valence-corrected chi connectivity index (χ4v) is 3.54. The second-order valence-electron chi connectivity index (χ2n) is 4.64. The van der Waals surface area contributed by atoms with E-state index in [2.05, 4.69) is 5.32 Å². The number of primary sulfonamides is 1. The Morgan fingerprint density at radius 1 is 1.29 bits per heavy atom. The van der Waals surface area contributed by atoms with Crippen LogP contribution in [-0.2, 0) is 14.8 Å². The van der Waals surface area contributed by atoms with Crippen LogP contribution in [0.5, 0.6) is 0 Å². The number of carbonyl (C=O) groups excluding carboxylic acids is 1. The van der Waals surface area contributed by atoms with E-state index in [0.29, 0.717) is 26.1 Å². The number of nitrogens with one attached hydrogen (secondary N) is 1. The van der Waals surface area contributed by atoms with E-state index in [9.17, 15) is 13.2 Å². The fourth-order valence-electron chi connectivity index (χ4n) is 2.06. The Labute approximate surface area is 132 Å². The van der Waals surface area contributed by atoms with E-state index in [-0.39, 0.29) is 26.5 Å². The van der Waals surface area contributed by atoms with E-state index in [1.807, 2.05) is 0 Å². The van der Waals surface area contributed by atoms with Crippen LogP contribution in [0.4, 0.5) is 0 Å². The Bertz CT molecular complexity index is 657. The van der Waals surface area contributed by atoms with Crippen LogP contribution < -0.4 is 10.5 Å². The summed E-state index contributed by atoms with van der Waals surface area (Å²) in [5.41, 5.74) is -0.0867. The summed E-state index contributed by atoms with van der Waals surface area (Å²) in [4.78, 5) is 11.9. The molecule has 1 aliphatic heterocycles. The van der Waals surface area contributed by atoms with Crippen molar-refractivity contribution >= 4 is 39.1 Å². The summed E-state index contributed by atoms with van der Waals surface area (Å²) >= 11 is 11.9. The van der Waals surface area contributed by atoms with Crippen molar-refractivity contribution in [2.24, 2.45) is 5.14 Å². The van der Waals surface area contributed by atoms with Crippen molar-refractivity contribution in [3.05, 3.63) is 27.7 Å². The number of sulfonamides is 1. The summed E-state index contributed by atoms with van der Waals surface area (Å²) in [6.07, 6.45) is 1.35. The number of hydrogen-bond donors (Lipinski definition) is 2. The van der Waals surface area contributed by atoms with E-state index in [4.69, 9.17) is 33.1 Å². The highest BCUT2D eigenvalue weighted by Crippen LogP contribution is 2.30. The number of rotatable bonds is 3. The second kappa shape index (κ2) is 6.50. The van der Waals surface area contributed by atoms with Crippen LogP contribution in [0.3, 0.4) is 0 Å². The molecule has 0 spiro atoms. The van der Waals surface area contributed by atoms with E-state index in [1.54, 1.807) is 0 Å². The normalized spacial score (nSPS) is 16.7. The maximum absolute atomic E-state index is 12.3. The second-order valence-corrected chi connectivity index (χ2v) is 6.95. The summed E-state index contributed by atoms with van der Waals surface area (Å²) in [5, 5.41) is 7.63. The van der Waals surface area contributed by atoms with Gasteiger partial charge in [-0.15, -0.1) is 0 Å². The van der Waals surface area contributed by atoms with Crippen molar-refractivity contribution in [2.45, 2.75) is 23.8 Å². The van der Waals surface area contributed by atoms with Gasteiger partial charge in [0.25, 0.3) is 5.91 Å². The van der Waals surface area contributed by atoms with Gasteiger partial charge in [0.15, 0.2) is 0 Å². The number of hydrogen-bond acceptors (Lipinski definition) is 4. The molecular weight excluding hydrogens is 339 g/mol. The van der Waals surface area contributed by atoms with Gasteiger partial charge < -0.3 is 10.1 Å². The average Bonchev–Trinajstić information content (AvgIpc) is 2.38. The van der Waals surface area contributed by atoms with Crippen LogP contribution >= 0.6 is 23.2 Å². The maximum Gasteiger partial charge on any atom is 0.254 e. The number of amides is 1. The first-order chi connectivity index (χ1) is 9.80. The Kier molecular flexibility index (Phi) is 5.11. The number of halogens is 2. The van der Waals surface area contributed by atoms with Gasteiger partial charge in [-0.2, -0.15) is 0 Å². The lowest BCUT2D eigenvalue weighted by Crippen LogP contribution is -2.39. The van der Waals surface area contributed by atoms with E-state index < -0.39 is 15.9 Å². The SMILES string of the molecule is NS(=O)(=O)c1ccc(Cl)c(C(=O)NC2CCOCC2)c1Cl. The van der Waals surface area contributed by atoms with Gasteiger partial charge in [-0.1, -0.05) is 23.2 Å². The van der Waals surface area contributed by atoms with Gasteiger partial charge in [-0.05, 0) is 25.0 Å². The predicted molar refractivity (Wildman–Crippen MR) is 79.1 cm³/mol. The van der Waals surface area contributed by atoms with E-state index in [0.717, 1.165) is 0 Å². The third-order valence-corrected chi connectivity index (χ3v) is 4.92. The molecule has 1 saturated heterocycles. The predicted octanol–water partition coefficient (Wildman–Crippen LogP) is 1.55. The summed E-state index contributed by atoms with van der Waals surface area (Å²) in [5.74, 6) is -0.526. The molecule has 1 aromatic carbocycles. The van der Waals surface area contributed by atoms with Crippen LogP contribution in [0.1, 0.15) is 23.2 Å². The van der Waals surface area contributed by atoms with Crippen LogP contribution in [0.25, 0.3) is 0 Å². The fraction of sp³-hybridized carbons (Fsp3) is 0.417. The minimum atomic E-state index is -4.03. The lowest BCUT2D eigenvalue weighted by molar-refractivity contribution is 0.0696. The number of benzene rings is 1. The topological polar surface area (TPSA) is 98.5 Å².